The zero-order valence-corrected chi connectivity index (χ0v) is 8.64. The molecule has 2 nitrogen and oxygen atoms in total. The molecule has 0 aliphatic carbocycles. The quantitative estimate of drug-likeness (QED) is 0.668. The Labute approximate surface area is 77.0 Å². The van der Waals surface area contributed by atoms with Crippen LogP contribution in [0.25, 0.3) is 0 Å². The van der Waals surface area contributed by atoms with Crippen LogP contribution in [0.5, 0.6) is 0 Å². The van der Waals surface area contributed by atoms with Crippen LogP contribution < -0.4 is 0 Å². The number of halogens is 1. The van der Waals surface area contributed by atoms with E-state index in [2.05, 4.69) is 27.9 Å². The molecular weight excluding hydrogens is 206 g/mol. The highest BCUT2D eigenvalue weighted by atomic mass is 79.9. The van der Waals surface area contributed by atoms with Gasteiger partial charge in [-0.3, -0.25) is 0 Å². The average molecular weight is 222 g/mol. The van der Waals surface area contributed by atoms with Gasteiger partial charge in [-0.15, -0.1) is 0 Å². The molecule has 0 aromatic rings. The first-order valence-corrected chi connectivity index (χ1v) is 5.31. The van der Waals surface area contributed by atoms with Gasteiger partial charge >= 0.3 is 0 Å². The van der Waals surface area contributed by atoms with Crippen LogP contribution in [0.1, 0.15) is 12.8 Å². The second-order valence-corrected chi connectivity index (χ2v) is 3.88. The zero-order chi connectivity index (χ0) is 8.10. The van der Waals surface area contributed by atoms with Crippen molar-refractivity contribution in [2.24, 2.45) is 0 Å². The van der Waals surface area contributed by atoms with Crippen LogP contribution in [0.3, 0.4) is 0 Å². The molecule has 1 fully saturated rings. The fourth-order valence-electron chi connectivity index (χ4n) is 1.37. The fourth-order valence-corrected chi connectivity index (χ4v) is 1.98. The van der Waals surface area contributed by atoms with Gasteiger partial charge < -0.3 is 9.64 Å². The first-order valence-electron chi connectivity index (χ1n) is 4.19. The summed E-state index contributed by atoms with van der Waals surface area (Å²) in [6.07, 6.45) is 2.98. The summed E-state index contributed by atoms with van der Waals surface area (Å²) in [5.41, 5.74) is 0. The van der Waals surface area contributed by atoms with Crippen LogP contribution in [0.15, 0.2) is 0 Å². The molecule has 0 aromatic carbocycles. The van der Waals surface area contributed by atoms with Crippen LogP contribution in [0.2, 0.25) is 0 Å². The predicted octanol–water partition coefficient (Wildman–Crippen LogP) is 1.49. The standard InChI is InChI=1S/C8H16BrNO/c1-10(5-4-9)7-8-3-2-6-11-8/h8H,2-7H2,1H3. The molecule has 3 heteroatoms. The Hall–Kier alpha value is 0.400. The summed E-state index contributed by atoms with van der Waals surface area (Å²) in [5.74, 6) is 0. The van der Waals surface area contributed by atoms with Gasteiger partial charge in [0.05, 0.1) is 6.10 Å². The minimum absolute atomic E-state index is 0.499. The summed E-state index contributed by atoms with van der Waals surface area (Å²) in [6.45, 7) is 3.16. The minimum atomic E-state index is 0.499. The Morgan fingerprint density at radius 3 is 3.00 bits per heavy atom. The van der Waals surface area contributed by atoms with Gasteiger partial charge in [-0.25, -0.2) is 0 Å². The maximum atomic E-state index is 5.51. The van der Waals surface area contributed by atoms with Gasteiger partial charge in [-0.1, -0.05) is 15.9 Å². The van der Waals surface area contributed by atoms with Crippen molar-refractivity contribution < 1.29 is 4.74 Å². The van der Waals surface area contributed by atoms with Gasteiger partial charge in [0, 0.05) is 25.0 Å². The van der Waals surface area contributed by atoms with E-state index in [-0.39, 0.29) is 0 Å². The third-order valence-corrected chi connectivity index (χ3v) is 2.36. The zero-order valence-electron chi connectivity index (χ0n) is 7.05. The van der Waals surface area contributed by atoms with E-state index in [1.54, 1.807) is 0 Å². The summed E-state index contributed by atoms with van der Waals surface area (Å²) in [4.78, 5) is 2.31. The number of hydrogen-bond donors (Lipinski definition) is 0. The smallest absolute Gasteiger partial charge is 0.0702 e. The molecule has 1 saturated heterocycles. The number of rotatable bonds is 4. The fraction of sp³-hybridized carbons (Fsp3) is 1.00. The summed E-state index contributed by atoms with van der Waals surface area (Å²) in [5, 5.41) is 1.05. The molecule has 66 valence electrons. The molecule has 0 saturated carbocycles. The molecule has 1 heterocycles. The molecule has 1 aliphatic heterocycles. The van der Waals surface area contributed by atoms with Gasteiger partial charge in [-0.05, 0) is 19.9 Å². The summed E-state index contributed by atoms with van der Waals surface area (Å²) in [7, 11) is 2.14. The normalized spacial score (nSPS) is 24.8. The second-order valence-electron chi connectivity index (χ2n) is 3.09. The molecule has 1 unspecified atom stereocenters. The topological polar surface area (TPSA) is 12.5 Å². The van der Waals surface area contributed by atoms with Crippen LogP contribution in [-0.4, -0.2) is 43.1 Å². The molecule has 0 radical (unpaired) electrons. The molecule has 11 heavy (non-hydrogen) atoms. The van der Waals surface area contributed by atoms with E-state index in [9.17, 15) is 0 Å². The van der Waals surface area contributed by atoms with E-state index in [0.717, 1.165) is 25.0 Å². The van der Waals surface area contributed by atoms with Crippen molar-refractivity contribution in [1.29, 1.82) is 0 Å². The van der Waals surface area contributed by atoms with E-state index < -0.39 is 0 Å². The largest absolute Gasteiger partial charge is 0.377 e. The van der Waals surface area contributed by atoms with Crippen LogP contribution in [0, 0.1) is 0 Å². The second kappa shape index (κ2) is 5.12. The number of nitrogens with zero attached hydrogens (tertiary/aromatic N) is 1. The highest BCUT2D eigenvalue weighted by Crippen LogP contribution is 2.12. The lowest BCUT2D eigenvalue weighted by Crippen LogP contribution is -2.30. The molecule has 1 atom stereocenters. The maximum absolute atomic E-state index is 5.51. The van der Waals surface area contributed by atoms with Crippen molar-refractivity contribution in [3.8, 4) is 0 Å². The Balaban J connectivity index is 2.08. The Bertz CT molecular complexity index is 104. The van der Waals surface area contributed by atoms with Crippen molar-refractivity contribution in [2.75, 3.05) is 32.1 Å². The third-order valence-electron chi connectivity index (χ3n) is 2.01. The summed E-state index contributed by atoms with van der Waals surface area (Å²) >= 11 is 3.42. The van der Waals surface area contributed by atoms with Crippen molar-refractivity contribution in [1.82, 2.24) is 4.90 Å². The molecule has 0 amide bonds. The molecule has 1 aliphatic rings. The number of ether oxygens (including phenoxy) is 1. The summed E-state index contributed by atoms with van der Waals surface area (Å²) < 4.78 is 5.51. The van der Waals surface area contributed by atoms with E-state index in [1.165, 1.54) is 12.8 Å². The van der Waals surface area contributed by atoms with Gasteiger partial charge in [0.2, 0.25) is 0 Å². The van der Waals surface area contributed by atoms with Crippen molar-refractivity contribution in [3.05, 3.63) is 0 Å². The highest BCUT2D eigenvalue weighted by Gasteiger charge is 2.16. The Morgan fingerprint density at radius 2 is 2.45 bits per heavy atom. The lowest BCUT2D eigenvalue weighted by molar-refractivity contribution is 0.0831. The monoisotopic (exact) mass is 221 g/mol. The first kappa shape index (κ1) is 9.49. The van der Waals surface area contributed by atoms with Gasteiger partial charge in [0.25, 0.3) is 0 Å². The van der Waals surface area contributed by atoms with Crippen molar-refractivity contribution in [2.45, 2.75) is 18.9 Å². The van der Waals surface area contributed by atoms with Crippen LogP contribution in [-0.2, 0) is 4.74 Å². The van der Waals surface area contributed by atoms with Crippen LogP contribution >= 0.6 is 15.9 Å². The summed E-state index contributed by atoms with van der Waals surface area (Å²) in [6, 6.07) is 0. The molecule has 1 rings (SSSR count). The minimum Gasteiger partial charge on any atom is -0.377 e. The van der Waals surface area contributed by atoms with Crippen molar-refractivity contribution >= 4 is 15.9 Å². The lowest BCUT2D eigenvalue weighted by atomic mass is 10.2. The number of hydrogen-bond acceptors (Lipinski definition) is 2. The first-order chi connectivity index (χ1) is 5.33. The molecule has 0 spiro atoms. The lowest BCUT2D eigenvalue weighted by Gasteiger charge is -2.18. The predicted molar refractivity (Wildman–Crippen MR) is 50.3 cm³/mol. The highest BCUT2D eigenvalue weighted by molar-refractivity contribution is 9.09. The number of alkyl halides is 1. The van der Waals surface area contributed by atoms with E-state index in [4.69, 9.17) is 4.74 Å². The number of likely N-dealkylation sites (N-methyl/N-ethyl adjacent to an activating group) is 1. The SMILES string of the molecule is CN(CCBr)CC1CCCO1. The maximum Gasteiger partial charge on any atom is 0.0702 e. The van der Waals surface area contributed by atoms with Gasteiger partial charge in [0.15, 0.2) is 0 Å². The Kier molecular flexibility index (Phi) is 4.41. The Morgan fingerprint density at radius 1 is 1.64 bits per heavy atom. The van der Waals surface area contributed by atoms with Gasteiger partial charge in [0.1, 0.15) is 0 Å². The molecular formula is C8H16BrNO. The molecule has 0 bridgehead atoms. The van der Waals surface area contributed by atoms with E-state index in [1.807, 2.05) is 0 Å². The van der Waals surface area contributed by atoms with E-state index >= 15 is 0 Å². The van der Waals surface area contributed by atoms with Crippen molar-refractivity contribution in [3.63, 3.8) is 0 Å². The molecule has 0 aromatic heterocycles. The van der Waals surface area contributed by atoms with Gasteiger partial charge in [-0.2, -0.15) is 0 Å². The third kappa shape index (κ3) is 3.54. The van der Waals surface area contributed by atoms with E-state index in [0.29, 0.717) is 6.10 Å². The average Bonchev–Trinajstić information content (AvgIpc) is 2.40. The molecule has 0 N–H and O–H groups in total. The van der Waals surface area contributed by atoms with Crippen LogP contribution in [0.4, 0.5) is 0 Å².